The lowest BCUT2D eigenvalue weighted by molar-refractivity contribution is 0.511. The van der Waals surface area contributed by atoms with Crippen molar-refractivity contribution in [3.8, 4) is 11.1 Å². The van der Waals surface area contributed by atoms with Gasteiger partial charge in [0.15, 0.2) is 11.6 Å². The second-order valence-corrected chi connectivity index (χ2v) is 3.43. The molecule has 2 aromatic carbocycles. The molecule has 0 radical (unpaired) electrons. The molecule has 0 aliphatic rings. The maximum Gasteiger partial charge on any atom is 0.166 e. The number of benzene rings is 2. The molecule has 0 saturated carbocycles. The zero-order valence-electron chi connectivity index (χ0n) is 8.80. The molecule has 16 heavy (non-hydrogen) atoms. The number of rotatable bonds is 2. The van der Waals surface area contributed by atoms with E-state index in [9.17, 15) is 8.78 Å². The zero-order chi connectivity index (χ0) is 11.5. The van der Waals surface area contributed by atoms with Gasteiger partial charge in [-0.15, -0.1) is 0 Å². The van der Waals surface area contributed by atoms with E-state index in [0.717, 1.165) is 11.8 Å². The van der Waals surface area contributed by atoms with Crippen LogP contribution in [0.1, 0.15) is 0 Å². The molecule has 1 nitrogen and oxygen atoms in total. The smallest absolute Gasteiger partial charge is 0.166 e. The normalized spacial score (nSPS) is 10.2. The van der Waals surface area contributed by atoms with Gasteiger partial charge < -0.3 is 5.32 Å². The Bertz CT molecular complexity index is 509. The van der Waals surface area contributed by atoms with Gasteiger partial charge in [0, 0.05) is 18.3 Å². The van der Waals surface area contributed by atoms with Crippen molar-refractivity contribution < 1.29 is 8.78 Å². The van der Waals surface area contributed by atoms with Gasteiger partial charge in [-0.1, -0.05) is 24.3 Å². The SMILES string of the molecule is CNc1cccc(-c2cccc(F)c2F)c1. The van der Waals surface area contributed by atoms with Crippen LogP contribution >= 0.6 is 0 Å². The van der Waals surface area contributed by atoms with Crippen LogP contribution in [0.2, 0.25) is 0 Å². The first-order chi connectivity index (χ1) is 7.72. The summed E-state index contributed by atoms with van der Waals surface area (Å²) in [6.45, 7) is 0. The van der Waals surface area contributed by atoms with Gasteiger partial charge in [-0.2, -0.15) is 0 Å². The van der Waals surface area contributed by atoms with E-state index < -0.39 is 11.6 Å². The van der Waals surface area contributed by atoms with Crippen molar-refractivity contribution in [1.29, 1.82) is 0 Å². The molecule has 1 N–H and O–H groups in total. The van der Waals surface area contributed by atoms with Crippen LogP contribution in [-0.4, -0.2) is 7.05 Å². The average Bonchev–Trinajstić information content (AvgIpc) is 2.33. The molecule has 82 valence electrons. The molecule has 2 rings (SSSR count). The van der Waals surface area contributed by atoms with Gasteiger partial charge >= 0.3 is 0 Å². The Balaban J connectivity index is 2.54. The Labute approximate surface area is 92.7 Å². The second-order valence-electron chi connectivity index (χ2n) is 3.43. The Hall–Kier alpha value is -1.90. The van der Waals surface area contributed by atoms with Crippen LogP contribution in [-0.2, 0) is 0 Å². The summed E-state index contributed by atoms with van der Waals surface area (Å²) in [6, 6.07) is 11.4. The molecule has 2 aromatic rings. The van der Waals surface area contributed by atoms with Crippen molar-refractivity contribution in [3.05, 3.63) is 54.1 Å². The maximum atomic E-state index is 13.5. The monoisotopic (exact) mass is 219 g/mol. The third kappa shape index (κ3) is 1.89. The summed E-state index contributed by atoms with van der Waals surface area (Å²) in [7, 11) is 1.78. The largest absolute Gasteiger partial charge is 0.388 e. The fourth-order valence-corrected chi connectivity index (χ4v) is 1.57. The number of nitrogens with one attached hydrogen (secondary N) is 1. The van der Waals surface area contributed by atoms with Gasteiger partial charge in [-0.25, -0.2) is 8.78 Å². The fourth-order valence-electron chi connectivity index (χ4n) is 1.57. The molecular formula is C13H11F2N. The molecule has 0 heterocycles. The van der Waals surface area contributed by atoms with Crippen LogP contribution in [0.3, 0.4) is 0 Å². The molecule has 0 atom stereocenters. The van der Waals surface area contributed by atoms with Gasteiger partial charge in [0.25, 0.3) is 0 Å². The van der Waals surface area contributed by atoms with Crippen molar-refractivity contribution in [2.45, 2.75) is 0 Å². The van der Waals surface area contributed by atoms with Crippen molar-refractivity contribution in [2.24, 2.45) is 0 Å². The molecule has 0 bridgehead atoms. The topological polar surface area (TPSA) is 12.0 Å². The zero-order valence-corrected chi connectivity index (χ0v) is 8.80. The summed E-state index contributed by atoms with van der Waals surface area (Å²) in [4.78, 5) is 0. The molecule has 0 spiro atoms. The molecule has 0 fully saturated rings. The minimum Gasteiger partial charge on any atom is -0.388 e. The molecule has 0 saturated heterocycles. The van der Waals surface area contributed by atoms with Crippen molar-refractivity contribution in [1.82, 2.24) is 0 Å². The Morgan fingerprint density at radius 1 is 1.00 bits per heavy atom. The molecular weight excluding hydrogens is 208 g/mol. The summed E-state index contributed by atoms with van der Waals surface area (Å²) in [5, 5.41) is 2.95. The Kier molecular flexibility index (Phi) is 2.86. The van der Waals surface area contributed by atoms with Crippen LogP contribution in [0.5, 0.6) is 0 Å². The third-order valence-corrected chi connectivity index (χ3v) is 2.41. The first-order valence-corrected chi connectivity index (χ1v) is 4.94. The lowest BCUT2D eigenvalue weighted by atomic mass is 10.0. The van der Waals surface area contributed by atoms with E-state index in [1.165, 1.54) is 6.07 Å². The van der Waals surface area contributed by atoms with Gasteiger partial charge in [0.05, 0.1) is 0 Å². The van der Waals surface area contributed by atoms with E-state index in [1.54, 1.807) is 31.3 Å². The summed E-state index contributed by atoms with van der Waals surface area (Å²) in [6.07, 6.45) is 0. The van der Waals surface area contributed by atoms with E-state index in [2.05, 4.69) is 5.32 Å². The number of anilines is 1. The van der Waals surface area contributed by atoms with Crippen LogP contribution in [0.4, 0.5) is 14.5 Å². The number of hydrogen-bond donors (Lipinski definition) is 1. The fraction of sp³-hybridized carbons (Fsp3) is 0.0769. The highest BCUT2D eigenvalue weighted by molar-refractivity contribution is 5.68. The summed E-state index contributed by atoms with van der Waals surface area (Å²) in [5.41, 5.74) is 1.79. The second kappa shape index (κ2) is 4.31. The Morgan fingerprint density at radius 3 is 2.50 bits per heavy atom. The molecule has 0 aliphatic heterocycles. The lowest BCUT2D eigenvalue weighted by Gasteiger charge is -2.06. The van der Waals surface area contributed by atoms with Crippen LogP contribution < -0.4 is 5.32 Å². The van der Waals surface area contributed by atoms with E-state index >= 15 is 0 Å². The van der Waals surface area contributed by atoms with E-state index in [4.69, 9.17) is 0 Å². The van der Waals surface area contributed by atoms with E-state index in [1.807, 2.05) is 6.07 Å². The summed E-state index contributed by atoms with van der Waals surface area (Å²) >= 11 is 0. The molecule has 0 amide bonds. The van der Waals surface area contributed by atoms with Crippen LogP contribution in [0, 0.1) is 11.6 Å². The lowest BCUT2D eigenvalue weighted by Crippen LogP contribution is -1.91. The van der Waals surface area contributed by atoms with Crippen molar-refractivity contribution >= 4 is 5.69 Å². The van der Waals surface area contributed by atoms with Gasteiger partial charge in [-0.05, 0) is 23.8 Å². The highest BCUT2D eigenvalue weighted by Gasteiger charge is 2.09. The van der Waals surface area contributed by atoms with Gasteiger partial charge in [-0.3, -0.25) is 0 Å². The molecule has 0 aliphatic carbocycles. The van der Waals surface area contributed by atoms with E-state index in [-0.39, 0.29) is 5.56 Å². The van der Waals surface area contributed by atoms with Crippen LogP contribution in [0.25, 0.3) is 11.1 Å². The highest BCUT2D eigenvalue weighted by atomic mass is 19.2. The standard InChI is InChI=1S/C13H11F2N/c1-16-10-5-2-4-9(8-10)11-6-3-7-12(14)13(11)15/h2-8,16H,1H3. The number of hydrogen-bond acceptors (Lipinski definition) is 1. The molecule has 3 heteroatoms. The highest BCUT2D eigenvalue weighted by Crippen LogP contribution is 2.26. The predicted molar refractivity (Wildman–Crippen MR) is 61.3 cm³/mol. The first-order valence-electron chi connectivity index (χ1n) is 4.94. The minimum absolute atomic E-state index is 0.275. The Morgan fingerprint density at radius 2 is 1.75 bits per heavy atom. The first kappa shape index (κ1) is 10.6. The minimum atomic E-state index is -0.827. The quantitative estimate of drug-likeness (QED) is 0.812. The van der Waals surface area contributed by atoms with Crippen LogP contribution in [0.15, 0.2) is 42.5 Å². The van der Waals surface area contributed by atoms with E-state index in [0.29, 0.717) is 5.56 Å². The average molecular weight is 219 g/mol. The molecule has 0 unspecified atom stereocenters. The third-order valence-electron chi connectivity index (χ3n) is 2.41. The van der Waals surface area contributed by atoms with Crippen molar-refractivity contribution in [2.75, 3.05) is 12.4 Å². The van der Waals surface area contributed by atoms with Crippen molar-refractivity contribution in [3.63, 3.8) is 0 Å². The molecule has 0 aromatic heterocycles. The summed E-state index contributed by atoms with van der Waals surface area (Å²) < 4.78 is 26.6. The van der Waals surface area contributed by atoms with Gasteiger partial charge in [0.1, 0.15) is 0 Å². The van der Waals surface area contributed by atoms with Gasteiger partial charge in [0.2, 0.25) is 0 Å². The predicted octanol–water partition coefficient (Wildman–Crippen LogP) is 3.67. The maximum absolute atomic E-state index is 13.5. The number of halogens is 2. The summed E-state index contributed by atoms with van der Waals surface area (Å²) in [5.74, 6) is -1.64.